The maximum Gasteiger partial charge on any atom is 0.0400 e. The predicted octanol–water partition coefficient (Wildman–Crippen LogP) is 3.76. The lowest BCUT2D eigenvalue weighted by Crippen LogP contribution is -2.54. The van der Waals surface area contributed by atoms with E-state index in [0.717, 1.165) is 18.0 Å². The van der Waals surface area contributed by atoms with Gasteiger partial charge in [-0.05, 0) is 57.1 Å². The van der Waals surface area contributed by atoms with Crippen molar-refractivity contribution >= 4 is 5.69 Å². The van der Waals surface area contributed by atoms with Gasteiger partial charge in [0.25, 0.3) is 0 Å². The summed E-state index contributed by atoms with van der Waals surface area (Å²) in [6.45, 7) is 4.66. The first kappa shape index (κ1) is 10.2. The molecule has 1 atom stereocenters. The smallest absolute Gasteiger partial charge is 0.0400 e. The monoisotopic (exact) mass is 215 g/mol. The zero-order chi connectivity index (χ0) is 11.1. The lowest BCUT2D eigenvalue weighted by Gasteiger charge is -2.52. The second kappa shape index (κ2) is 3.80. The molecule has 1 aliphatic carbocycles. The molecule has 0 spiro atoms. The Morgan fingerprint density at radius 2 is 1.75 bits per heavy atom. The number of para-hydroxylation sites is 1. The van der Waals surface area contributed by atoms with Crippen molar-refractivity contribution in [3.8, 4) is 0 Å². The number of benzene rings is 1. The fourth-order valence-corrected chi connectivity index (χ4v) is 3.69. The van der Waals surface area contributed by atoms with Gasteiger partial charge in [0.15, 0.2) is 0 Å². The van der Waals surface area contributed by atoms with Crippen molar-refractivity contribution in [3.05, 3.63) is 29.8 Å². The maximum atomic E-state index is 2.70. The average Bonchev–Trinajstić information content (AvgIpc) is 2.32. The number of nitrogens with zero attached hydrogens (tertiary/aromatic N) is 1. The predicted molar refractivity (Wildman–Crippen MR) is 68.9 cm³/mol. The molecule has 1 nitrogen and oxygen atoms in total. The Kier molecular flexibility index (Phi) is 2.42. The van der Waals surface area contributed by atoms with Crippen LogP contribution in [0.2, 0.25) is 0 Å². The first-order valence-electron chi connectivity index (χ1n) is 6.61. The lowest BCUT2D eigenvalue weighted by atomic mass is 9.75. The first-order chi connectivity index (χ1) is 7.77. The van der Waals surface area contributed by atoms with Crippen molar-refractivity contribution in [1.82, 2.24) is 0 Å². The van der Waals surface area contributed by atoms with Gasteiger partial charge in [0.2, 0.25) is 0 Å². The molecule has 2 bridgehead atoms. The van der Waals surface area contributed by atoms with Crippen molar-refractivity contribution in [2.24, 2.45) is 5.92 Å². The van der Waals surface area contributed by atoms with Gasteiger partial charge in [0.05, 0.1) is 0 Å². The highest BCUT2D eigenvalue weighted by Crippen LogP contribution is 2.42. The number of hydrogen-bond acceptors (Lipinski definition) is 1. The van der Waals surface area contributed by atoms with Gasteiger partial charge in [-0.3, -0.25) is 0 Å². The van der Waals surface area contributed by atoms with E-state index in [1.807, 2.05) is 0 Å². The summed E-state index contributed by atoms with van der Waals surface area (Å²) in [4.78, 5) is 2.70. The Morgan fingerprint density at radius 1 is 1.06 bits per heavy atom. The third kappa shape index (κ3) is 1.45. The Bertz CT molecular complexity index is 375. The molecule has 1 aromatic carbocycles. The van der Waals surface area contributed by atoms with E-state index in [4.69, 9.17) is 0 Å². The minimum Gasteiger partial charge on any atom is -0.365 e. The molecular weight excluding hydrogens is 194 g/mol. The molecular formula is C15H21N. The third-order valence-corrected chi connectivity index (χ3v) is 4.65. The molecule has 3 fully saturated rings. The Labute approximate surface area is 98.5 Å². The Balaban J connectivity index is 1.97. The lowest BCUT2D eigenvalue weighted by molar-refractivity contribution is 0.200. The SMILES string of the molecule is Cc1ccccc1N1C2CCC(CC2)[C@@H]1C. The Morgan fingerprint density at radius 3 is 2.38 bits per heavy atom. The molecule has 16 heavy (non-hydrogen) atoms. The van der Waals surface area contributed by atoms with E-state index in [0.29, 0.717) is 0 Å². The summed E-state index contributed by atoms with van der Waals surface area (Å²) in [5.41, 5.74) is 2.91. The van der Waals surface area contributed by atoms with E-state index in [-0.39, 0.29) is 0 Å². The molecule has 0 unspecified atom stereocenters. The molecule has 0 N–H and O–H groups in total. The van der Waals surface area contributed by atoms with Crippen LogP contribution in [0.1, 0.15) is 38.2 Å². The number of rotatable bonds is 1. The normalized spacial score (nSPS) is 33.1. The van der Waals surface area contributed by atoms with Gasteiger partial charge >= 0.3 is 0 Å². The fraction of sp³-hybridized carbons (Fsp3) is 0.600. The van der Waals surface area contributed by atoms with Crippen LogP contribution in [-0.2, 0) is 0 Å². The number of fused-ring (bicyclic) bond motifs is 3. The molecule has 2 saturated heterocycles. The highest BCUT2D eigenvalue weighted by atomic mass is 15.2. The van der Waals surface area contributed by atoms with Crippen LogP contribution in [0.25, 0.3) is 0 Å². The van der Waals surface area contributed by atoms with Crippen LogP contribution < -0.4 is 4.90 Å². The van der Waals surface area contributed by atoms with Crippen molar-refractivity contribution in [2.45, 2.75) is 51.6 Å². The highest BCUT2D eigenvalue weighted by molar-refractivity contribution is 5.55. The zero-order valence-electron chi connectivity index (χ0n) is 10.3. The van der Waals surface area contributed by atoms with E-state index in [1.165, 1.54) is 36.9 Å². The summed E-state index contributed by atoms with van der Waals surface area (Å²) in [7, 11) is 0. The maximum absolute atomic E-state index is 2.70. The van der Waals surface area contributed by atoms with Gasteiger partial charge in [0, 0.05) is 17.8 Å². The summed E-state index contributed by atoms with van der Waals surface area (Å²) < 4.78 is 0. The third-order valence-electron chi connectivity index (χ3n) is 4.65. The van der Waals surface area contributed by atoms with Gasteiger partial charge in [-0.1, -0.05) is 18.2 Å². The summed E-state index contributed by atoms with van der Waals surface area (Å²) in [5, 5.41) is 0. The molecule has 4 rings (SSSR count). The first-order valence-corrected chi connectivity index (χ1v) is 6.61. The molecule has 2 aliphatic heterocycles. The number of aryl methyl sites for hydroxylation is 1. The molecule has 1 saturated carbocycles. The topological polar surface area (TPSA) is 3.24 Å². The quantitative estimate of drug-likeness (QED) is 0.689. The molecule has 86 valence electrons. The molecule has 0 aromatic heterocycles. The molecule has 3 aliphatic rings. The zero-order valence-corrected chi connectivity index (χ0v) is 10.3. The van der Waals surface area contributed by atoms with Gasteiger partial charge in [0.1, 0.15) is 0 Å². The van der Waals surface area contributed by atoms with Crippen LogP contribution >= 0.6 is 0 Å². The van der Waals surface area contributed by atoms with Crippen LogP contribution in [-0.4, -0.2) is 12.1 Å². The van der Waals surface area contributed by atoms with E-state index in [9.17, 15) is 0 Å². The van der Waals surface area contributed by atoms with Gasteiger partial charge in [-0.15, -0.1) is 0 Å². The summed E-state index contributed by atoms with van der Waals surface area (Å²) in [6.07, 6.45) is 5.72. The summed E-state index contributed by atoms with van der Waals surface area (Å²) >= 11 is 0. The molecule has 1 heteroatoms. The minimum absolute atomic E-state index is 0.744. The van der Waals surface area contributed by atoms with Crippen LogP contribution in [0.5, 0.6) is 0 Å². The van der Waals surface area contributed by atoms with Crippen molar-refractivity contribution in [2.75, 3.05) is 4.90 Å². The van der Waals surface area contributed by atoms with Crippen LogP contribution in [0.4, 0.5) is 5.69 Å². The van der Waals surface area contributed by atoms with Crippen molar-refractivity contribution in [3.63, 3.8) is 0 Å². The van der Waals surface area contributed by atoms with E-state index in [1.54, 1.807) is 0 Å². The van der Waals surface area contributed by atoms with Gasteiger partial charge in [-0.2, -0.15) is 0 Å². The highest BCUT2D eigenvalue weighted by Gasteiger charge is 2.39. The average molecular weight is 215 g/mol. The van der Waals surface area contributed by atoms with Gasteiger partial charge < -0.3 is 4.90 Å². The number of piperidine rings is 2. The van der Waals surface area contributed by atoms with Crippen LogP contribution in [0, 0.1) is 12.8 Å². The molecule has 1 aromatic rings. The van der Waals surface area contributed by atoms with Crippen LogP contribution in [0.15, 0.2) is 24.3 Å². The fourth-order valence-electron chi connectivity index (χ4n) is 3.69. The standard InChI is InChI=1S/C15H21N/c1-11-5-3-4-6-15(11)16-12(2)13-7-9-14(16)10-8-13/h3-6,12-14H,7-10H2,1-2H3/t12-,13?,14?/m0/s1. The molecule has 0 amide bonds. The number of anilines is 1. The summed E-state index contributed by atoms with van der Waals surface area (Å²) in [5.74, 6) is 0.935. The Hall–Kier alpha value is -0.980. The molecule has 0 radical (unpaired) electrons. The van der Waals surface area contributed by atoms with E-state index >= 15 is 0 Å². The number of hydrogen-bond donors (Lipinski definition) is 0. The van der Waals surface area contributed by atoms with E-state index < -0.39 is 0 Å². The van der Waals surface area contributed by atoms with Crippen molar-refractivity contribution in [1.29, 1.82) is 0 Å². The minimum atomic E-state index is 0.744. The van der Waals surface area contributed by atoms with Crippen molar-refractivity contribution < 1.29 is 0 Å². The second-order valence-electron chi connectivity index (χ2n) is 5.50. The largest absolute Gasteiger partial charge is 0.365 e. The van der Waals surface area contributed by atoms with Gasteiger partial charge in [-0.25, -0.2) is 0 Å². The second-order valence-corrected chi connectivity index (χ2v) is 5.50. The van der Waals surface area contributed by atoms with Crippen LogP contribution in [0.3, 0.4) is 0 Å². The molecule has 2 heterocycles. The summed E-state index contributed by atoms with van der Waals surface area (Å²) in [6, 6.07) is 10.4. The van der Waals surface area contributed by atoms with E-state index in [2.05, 4.69) is 43.0 Å².